The van der Waals surface area contributed by atoms with Crippen molar-refractivity contribution in [2.75, 3.05) is 34.0 Å². The third-order valence-corrected chi connectivity index (χ3v) is 6.17. The maximum absolute atomic E-state index is 12.1. The van der Waals surface area contributed by atoms with E-state index in [-0.39, 0.29) is 25.1 Å². The SMILES string of the molecule is COC(=O)N[C@H]1[C@@H](C(OC)[C@H](O)CO)OC(C(=O)O)=C[C@H]1N=C(N)NC(=O)OCCOC(=O)C1CCCCC1. The highest BCUT2D eigenvalue weighted by atomic mass is 16.6. The van der Waals surface area contributed by atoms with Gasteiger partial charge in [-0.25, -0.2) is 19.4 Å². The van der Waals surface area contributed by atoms with Crippen molar-refractivity contribution >= 4 is 30.1 Å². The molecule has 16 heteroatoms. The van der Waals surface area contributed by atoms with Crippen LogP contribution in [0.25, 0.3) is 0 Å². The second kappa shape index (κ2) is 15.7. The van der Waals surface area contributed by atoms with E-state index in [2.05, 4.69) is 20.4 Å². The van der Waals surface area contributed by atoms with Gasteiger partial charge in [0.2, 0.25) is 5.76 Å². The molecule has 2 aliphatic rings. The van der Waals surface area contributed by atoms with Crippen LogP contribution in [0.4, 0.5) is 9.59 Å². The molecule has 1 aliphatic carbocycles. The number of carboxylic acids is 1. The van der Waals surface area contributed by atoms with Crippen LogP contribution in [0, 0.1) is 5.92 Å². The van der Waals surface area contributed by atoms with Crippen LogP contribution in [-0.2, 0) is 33.3 Å². The van der Waals surface area contributed by atoms with E-state index in [4.69, 9.17) is 24.7 Å². The molecule has 0 radical (unpaired) electrons. The number of aliphatic hydroxyl groups is 2. The van der Waals surface area contributed by atoms with Gasteiger partial charge in [0.05, 0.1) is 31.7 Å². The first-order valence-corrected chi connectivity index (χ1v) is 12.3. The fourth-order valence-corrected chi connectivity index (χ4v) is 4.27. The quantitative estimate of drug-likeness (QED) is 0.0584. The number of nitrogens with one attached hydrogen (secondary N) is 2. The van der Waals surface area contributed by atoms with Crippen molar-refractivity contribution in [1.82, 2.24) is 10.6 Å². The molecular weight excluding hydrogens is 524 g/mol. The Balaban J connectivity index is 2.09. The molecule has 0 spiro atoms. The molecule has 2 rings (SSSR count). The lowest BCUT2D eigenvalue weighted by Crippen LogP contribution is -2.60. The maximum Gasteiger partial charge on any atom is 0.414 e. The standard InChI is InChI=1S/C23H36N4O12/c1-35-17(14(29)11-28)18-16(26-22(33)36-2)13(10-15(39-18)19(30)31)25-21(24)27-23(34)38-9-8-37-20(32)12-6-4-3-5-7-12/h10,12-14,16-18,28-29H,3-9,11H2,1-2H3,(H,26,33)(H,30,31)(H3,24,25,27,34)/t13-,14-,16-,17?,18+/m1/s1. The Hall–Kier alpha value is -3.63. The first-order chi connectivity index (χ1) is 18.6. The Bertz CT molecular complexity index is 921. The number of hydrogen-bond donors (Lipinski definition) is 6. The summed E-state index contributed by atoms with van der Waals surface area (Å²) in [5.74, 6) is -3.11. The Morgan fingerprint density at radius 1 is 1.13 bits per heavy atom. The predicted octanol–water partition coefficient (Wildman–Crippen LogP) is -1.02. The van der Waals surface area contributed by atoms with E-state index in [1.807, 2.05) is 0 Å². The molecule has 0 bridgehead atoms. The number of carbonyl (C=O) groups is 4. The summed E-state index contributed by atoms with van der Waals surface area (Å²) in [5, 5.41) is 33.6. The maximum atomic E-state index is 12.1. The summed E-state index contributed by atoms with van der Waals surface area (Å²) in [6.45, 7) is -1.17. The van der Waals surface area contributed by atoms with Crippen LogP contribution in [0.5, 0.6) is 0 Å². The third-order valence-electron chi connectivity index (χ3n) is 6.17. The lowest BCUT2D eigenvalue weighted by Gasteiger charge is -2.39. The Morgan fingerprint density at radius 3 is 2.38 bits per heavy atom. The Kier molecular flexibility index (Phi) is 12.7. The number of guanidine groups is 1. The van der Waals surface area contributed by atoms with E-state index in [1.165, 1.54) is 7.11 Å². The number of hydrogen-bond acceptors (Lipinski definition) is 12. The van der Waals surface area contributed by atoms with Crippen LogP contribution in [0.1, 0.15) is 32.1 Å². The molecule has 1 unspecified atom stereocenters. The summed E-state index contributed by atoms with van der Waals surface area (Å²) in [5.41, 5.74) is 5.81. The molecule has 220 valence electrons. The van der Waals surface area contributed by atoms with Gasteiger partial charge in [-0.2, -0.15) is 0 Å². The van der Waals surface area contributed by atoms with E-state index in [0.717, 1.165) is 45.3 Å². The number of aliphatic carboxylic acids is 1. The molecule has 0 saturated heterocycles. The first-order valence-electron chi connectivity index (χ1n) is 12.3. The minimum atomic E-state index is -1.53. The van der Waals surface area contributed by atoms with Crippen molar-refractivity contribution in [3.8, 4) is 0 Å². The van der Waals surface area contributed by atoms with Gasteiger partial charge in [0.1, 0.15) is 25.4 Å². The predicted molar refractivity (Wildman–Crippen MR) is 131 cm³/mol. The minimum absolute atomic E-state index is 0.148. The number of nitrogens with two attached hydrogens (primary N) is 1. The van der Waals surface area contributed by atoms with Crippen LogP contribution in [0.15, 0.2) is 16.8 Å². The van der Waals surface area contributed by atoms with Crippen molar-refractivity contribution in [2.24, 2.45) is 16.6 Å². The summed E-state index contributed by atoms with van der Waals surface area (Å²) in [4.78, 5) is 51.9. The summed E-state index contributed by atoms with van der Waals surface area (Å²) in [7, 11) is 2.26. The molecule has 39 heavy (non-hydrogen) atoms. The largest absolute Gasteiger partial charge is 0.478 e. The molecule has 0 aromatic carbocycles. The third kappa shape index (κ3) is 9.56. The first kappa shape index (κ1) is 31.6. The highest BCUT2D eigenvalue weighted by Gasteiger charge is 2.45. The molecule has 7 N–H and O–H groups in total. The van der Waals surface area contributed by atoms with Gasteiger partial charge in [-0.1, -0.05) is 19.3 Å². The van der Waals surface area contributed by atoms with Gasteiger partial charge in [-0.3, -0.25) is 10.1 Å². The molecule has 0 aromatic rings. The number of esters is 1. The van der Waals surface area contributed by atoms with Crippen molar-refractivity contribution < 1.29 is 58.2 Å². The van der Waals surface area contributed by atoms with Gasteiger partial charge in [0, 0.05) is 7.11 Å². The number of aliphatic hydroxyl groups excluding tert-OH is 2. The van der Waals surface area contributed by atoms with Crippen molar-refractivity contribution in [1.29, 1.82) is 0 Å². The lowest BCUT2D eigenvalue weighted by molar-refractivity contribution is -0.150. The number of alkyl carbamates (subject to hydrolysis) is 2. The van der Waals surface area contributed by atoms with Gasteiger partial charge in [-0.05, 0) is 18.9 Å². The van der Waals surface area contributed by atoms with Gasteiger partial charge < -0.3 is 50.1 Å². The molecule has 16 nitrogen and oxygen atoms in total. The van der Waals surface area contributed by atoms with E-state index in [9.17, 15) is 34.5 Å². The van der Waals surface area contributed by atoms with Crippen LogP contribution < -0.4 is 16.4 Å². The van der Waals surface area contributed by atoms with E-state index in [0.29, 0.717) is 0 Å². The Labute approximate surface area is 224 Å². The minimum Gasteiger partial charge on any atom is -0.478 e. The smallest absolute Gasteiger partial charge is 0.414 e. The monoisotopic (exact) mass is 560 g/mol. The van der Waals surface area contributed by atoms with Crippen LogP contribution in [-0.4, -0.2) is 110 Å². The number of ether oxygens (including phenoxy) is 5. The number of rotatable bonds is 11. The normalized spacial score (nSPS) is 23.3. The van der Waals surface area contributed by atoms with Gasteiger partial charge in [0.25, 0.3) is 0 Å². The van der Waals surface area contributed by atoms with Crippen LogP contribution >= 0.6 is 0 Å². The number of nitrogens with zero attached hydrogens (tertiary/aromatic N) is 1. The number of carboxylic acid groups (broad SMARTS) is 1. The summed E-state index contributed by atoms with van der Waals surface area (Å²) < 4.78 is 25.3. The summed E-state index contributed by atoms with van der Waals surface area (Å²) >= 11 is 0. The molecule has 5 atom stereocenters. The van der Waals surface area contributed by atoms with Crippen LogP contribution in [0.2, 0.25) is 0 Å². The number of amides is 2. The zero-order chi connectivity index (χ0) is 28.9. The summed E-state index contributed by atoms with van der Waals surface area (Å²) in [6.07, 6.45) is -0.636. The number of carbonyl (C=O) groups excluding carboxylic acids is 3. The van der Waals surface area contributed by atoms with Crippen LogP contribution in [0.3, 0.4) is 0 Å². The topological polar surface area (TPSA) is 238 Å². The second-order valence-corrected chi connectivity index (χ2v) is 8.80. The Morgan fingerprint density at radius 2 is 1.79 bits per heavy atom. The highest BCUT2D eigenvalue weighted by Crippen LogP contribution is 2.26. The fraction of sp³-hybridized carbons (Fsp3) is 0.696. The molecule has 2 amide bonds. The molecule has 1 saturated carbocycles. The molecule has 1 fully saturated rings. The van der Waals surface area contributed by atoms with Gasteiger partial charge >= 0.3 is 24.1 Å². The average Bonchev–Trinajstić information content (AvgIpc) is 2.92. The molecular formula is C23H36N4O12. The van der Waals surface area contributed by atoms with E-state index < -0.39 is 66.9 Å². The summed E-state index contributed by atoms with van der Waals surface area (Å²) in [6, 6.07) is -2.50. The van der Waals surface area contributed by atoms with Crippen molar-refractivity contribution in [2.45, 2.75) is 62.5 Å². The fourth-order valence-electron chi connectivity index (χ4n) is 4.27. The zero-order valence-electron chi connectivity index (χ0n) is 21.7. The second-order valence-electron chi connectivity index (χ2n) is 8.80. The number of aliphatic imine (C=N–C) groups is 1. The van der Waals surface area contributed by atoms with E-state index in [1.54, 1.807) is 0 Å². The van der Waals surface area contributed by atoms with Crippen molar-refractivity contribution in [3.05, 3.63) is 11.8 Å². The van der Waals surface area contributed by atoms with Gasteiger partial charge in [0.15, 0.2) is 12.1 Å². The van der Waals surface area contributed by atoms with Gasteiger partial charge in [-0.15, -0.1) is 0 Å². The lowest BCUT2D eigenvalue weighted by atomic mass is 9.89. The van der Waals surface area contributed by atoms with Crippen molar-refractivity contribution in [3.63, 3.8) is 0 Å². The highest BCUT2D eigenvalue weighted by molar-refractivity contribution is 5.93. The molecule has 1 aliphatic heterocycles. The molecule has 1 heterocycles. The van der Waals surface area contributed by atoms with E-state index >= 15 is 0 Å². The molecule has 0 aromatic heterocycles. The average molecular weight is 561 g/mol. The zero-order valence-corrected chi connectivity index (χ0v) is 21.7. The number of methoxy groups -OCH3 is 2.